The first-order valence-corrected chi connectivity index (χ1v) is 6.80. The van der Waals surface area contributed by atoms with E-state index >= 15 is 0 Å². The van der Waals surface area contributed by atoms with Crippen molar-refractivity contribution in [1.29, 1.82) is 0 Å². The van der Waals surface area contributed by atoms with E-state index in [4.69, 9.17) is 4.74 Å². The highest BCUT2D eigenvalue weighted by molar-refractivity contribution is 7.09. The van der Waals surface area contributed by atoms with E-state index in [0.717, 1.165) is 18.9 Å². The Balaban J connectivity index is 1.88. The van der Waals surface area contributed by atoms with Gasteiger partial charge in [-0.05, 0) is 33.1 Å². The van der Waals surface area contributed by atoms with E-state index in [1.54, 1.807) is 11.3 Å². The Bertz CT molecular complexity index is 334. The molecule has 3 nitrogen and oxygen atoms in total. The first-order valence-electron chi connectivity index (χ1n) is 5.92. The molecule has 0 spiro atoms. The third-order valence-corrected chi connectivity index (χ3v) is 4.34. The van der Waals surface area contributed by atoms with Gasteiger partial charge in [-0.15, -0.1) is 11.3 Å². The summed E-state index contributed by atoms with van der Waals surface area (Å²) in [4.78, 5) is 4.52. The van der Waals surface area contributed by atoms with E-state index in [9.17, 15) is 0 Å². The number of ether oxygens (including phenoxy) is 1. The zero-order chi connectivity index (χ0) is 11.5. The number of aryl methyl sites for hydroxylation is 1. The summed E-state index contributed by atoms with van der Waals surface area (Å²) in [7, 11) is 0. The summed E-state index contributed by atoms with van der Waals surface area (Å²) in [5.41, 5.74) is 1.12. The van der Waals surface area contributed by atoms with Crippen molar-refractivity contribution in [3.8, 4) is 0 Å². The van der Waals surface area contributed by atoms with Crippen LogP contribution in [0.5, 0.6) is 0 Å². The van der Waals surface area contributed by atoms with Gasteiger partial charge in [0.05, 0.1) is 12.6 Å². The fourth-order valence-electron chi connectivity index (χ4n) is 2.12. The normalized spacial score (nSPS) is 24.6. The maximum Gasteiger partial charge on any atom is 0.110 e. The molecule has 3 unspecified atom stereocenters. The smallest absolute Gasteiger partial charge is 0.110 e. The van der Waals surface area contributed by atoms with Crippen molar-refractivity contribution < 1.29 is 4.74 Å². The van der Waals surface area contributed by atoms with Crippen molar-refractivity contribution in [3.05, 3.63) is 16.1 Å². The first kappa shape index (κ1) is 12.0. The molecule has 2 heterocycles. The van der Waals surface area contributed by atoms with Gasteiger partial charge in [-0.3, -0.25) is 0 Å². The SMILES string of the molecule is Cc1csc(C(C)NC(C)C2CCOC2)n1. The monoisotopic (exact) mass is 240 g/mol. The number of hydrogen-bond donors (Lipinski definition) is 1. The van der Waals surface area contributed by atoms with Crippen molar-refractivity contribution >= 4 is 11.3 Å². The highest BCUT2D eigenvalue weighted by atomic mass is 32.1. The van der Waals surface area contributed by atoms with Gasteiger partial charge in [0.15, 0.2) is 0 Å². The average molecular weight is 240 g/mol. The van der Waals surface area contributed by atoms with E-state index in [1.807, 2.05) is 6.92 Å². The molecule has 2 rings (SSSR count). The van der Waals surface area contributed by atoms with Crippen LogP contribution in [0.1, 0.15) is 37.0 Å². The zero-order valence-electron chi connectivity index (χ0n) is 10.2. The lowest BCUT2D eigenvalue weighted by Crippen LogP contribution is -2.35. The third-order valence-electron chi connectivity index (χ3n) is 3.19. The van der Waals surface area contributed by atoms with Crippen LogP contribution in [-0.4, -0.2) is 24.2 Å². The van der Waals surface area contributed by atoms with Crippen molar-refractivity contribution in [1.82, 2.24) is 10.3 Å². The van der Waals surface area contributed by atoms with Crippen LogP contribution in [0.2, 0.25) is 0 Å². The van der Waals surface area contributed by atoms with Gasteiger partial charge >= 0.3 is 0 Å². The molecule has 16 heavy (non-hydrogen) atoms. The summed E-state index contributed by atoms with van der Waals surface area (Å²) in [6, 6.07) is 0.844. The molecule has 0 amide bonds. The Morgan fingerprint density at radius 1 is 1.56 bits per heavy atom. The van der Waals surface area contributed by atoms with Crippen molar-refractivity contribution in [3.63, 3.8) is 0 Å². The Kier molecular flexibility index (Phi) is 3.95. The van der Waals surface area contributed by atoms with Crippen molar-refractivity contribution in [2.24, 2.45) is 5.92 Å². The molecule has 0 radical (unpaired) electrons. The van der Waals surface area contributed by atoms with Gasteiger partial charge in [0.1, 0.15) is 5.01 Å². The molecule has 90 valence electrons. The van der Waals surface area contributed by atoms with Gasteiger partial charge in [-0.1, -0.05) is 0 Å². The molecule has 0 aliphatic carbocycles. The molecule has 1 aromatic rings. The molecule has 0 bridgehead atoms. The Morgan fingerprint density at radius 3 is 2.94 bits per heavy atom. The lowest BCUT2D eigenvalue weighted by molar-refractivity contribution is 0.177. The maximum absolute atomic E-state index is 5.42. The summed E-state index contributed by atoms with van der Waals surface area (Å²) in [6.45, 7) is 8.29. The van der Waals surface area contributed by atoms with Gasteiger partial charge in [-0.2, -0.15) is 0 Å². The molecular weight excluding hydrogens is 220 g/mol. The fourth-order valence-corrected chi connectivity index (χ4v) is 2.93. The third kappa shape index (κ3) is 2.81. The quantitative estimate of drug-likeness (QED) is 0.878. The summed E-state index contributed by atoms with van der Waals surface area (Å²) in [5, 5.41) is 6.91. The minimum absolute atomic E-state index is 0.342. The van der Waals surface area contributed by atoms with E-state index in [0.29, 0.717) is 18.0 Å². The van der Waals surface area contributed by atoms with E-state index in [2.05, 4.69) is 29.5 Å². The van der Waals surface area contributed by atoms with Crippen LogP contribution in [0.3, 0.4) is 0 Å². The Labute approximate surface area is 101 Å². The largest absolute Gasteiger partial charge is 0.381 e. The highest BCUT2D eigenvalue weighted by Gasteiger charge is 2.24. The minimum Gasteiger partial charge on any atom is -0.381 e. The fraction of sp³-hybridized carbons (Fsp3) is 0.750. The van der Waals surface area contributed by atoms with E-state index < -0.39 is 0 Å². The number of thiazole rings is 1. The number of nitrogens with one attached hydrogen (secondary N) is 1. The predicted molar refractivity (Wildman–Crippen MR) is 66.8 cm³/mol. The molecule has 4 heteroatoms. The van der Waals surface area contributed by atoms with Gasteiger partial charge in [0.2, 0.25) is 0 Å². The Morgan fingerprint density at radius 2 is 2.38 bits per heavy atom. The summed E-state index contributed by atoms with van der Waals surface area (Å²) in [6.07, 6.45) is 1.18. The molecule has 1 aromatic heterocycles. The molecule has 0 aromatic carbocycles. The molecular formula is C12H20N2OS. The molecule has 1 fully saturated rings. The molecule has 1 aliphatic heterocycles. The van der Waals surface area contributed by atoms with Gasteiger partial charge in [0, 0.05) is 23.7 Å². The van der Waals surface area contributed by atoms with Gasteiger partial charge in [-0.25, -0.2) is 4.98 Å². The van der Waals surface area contributed by atoms with E-state index in [1.165, 1.54) is 11.4 Å². The lowest BCUT2D eigenvalue weighted by atomic mass is 10.00. The van der Waals surface area contributed by atoms with Crippen molar-refractivity contribution in [2.45, 2.75) is 39.3 Å². The molecule has 1 saturated heterocycles. The average Bonchev–Trinajstić information content (AvgIpc) is 2.87. The first-order chi connectivity index (χ1) is 7.66. The molecule has 0 saturated carbocycles. The lowest BCUT2D eigenvalue weighted by Gasteiger charge is -2.22. The topological polar surface area (TPSA) is 34.1 Å². The summed E-state index contributed by atoms with van der Waals surface area (Å²) in [5.74, 6) is 0.656. The molecule has 3 atom stereocenters. The van der Waals surface area contributed by atoms with Gasteiger partial charge < -0.3 is 10.1 Å². The van der Waals surface area contributed by atoms with Crippen LogP contribution < -0.4 is 5.32 Å². The van der Waals surface area contributed by atoms with Gasteiger partial charge in [0.25, 0.3) is 0 Å². The summed E-state index contributed by atoms with van der Waals surface area (Å²) < 4.78 is 5.42. The second-order valence-electron chi connectivity index (χ2n) is 4.63. The molecule has 1 aliphatic rings. The predicted octanol–water partition coefficient (Wildman–Crippen LogP) is 2.53. The second-order valence-corrected chi connectivity index (χ2v) is 5.52. The van der Waals surface area contributed by atoms with Crippen LogP contribution in [0, 0.1) is 12.8 Å². The van der Waals surface area contributed by atoms with Crippen LogP contribution >= 0.6 is 11.3 Å². The zero-order valence-corrected chi connectivity index (χ0v) is 11.0. The maximum atomic E-state index is 5.42. The molecule has 1 N–H and O–H groups in total. The highest BCUT2D eigenvalue weighted by Crippen LogP contribution is 2.22. The van der Waals surface area contributed by atoms with Crippen LogP contribution in [-0.2, 0) is 4.74 Å². The van der Waals surface area contributed by atoms with Crippen LogP contribution in [0.4, 0.5) is 0 Å². The number of aromatic nitrogens is 1. The Hall–Kier alpha value is -0.450. The van der Waals surface area contributed by atoms with Crippen molar-refractivity contribution in [2.75, 3.05) is 13.2 Å². The summed E-state index contributed by atoms with van der Waals surface area (Å²) >= 11 is 1.74. The number of hydrogen-bond acceptors (Lipinski definition) is 4. The standard InChI is InChI=1S/C12H20N2OS/c1-8-7-16-12(13-8)10(3)14-9(2)11-4-5-15-6-11/h7,9-11,14H,4-6H2,1-3H3. The van der Waals surface area contributed by atoms with Crippen LogP contribution in [0.25, 0.3) is 0 Å². The number of rotatable bonds is 4. The minimum atomic E-state index is 0.342. The van der Waals surface area contributed by atoms with E-state index in [-0.39, 0.29) is 0 Å². The second kappa shape index (κ2) is 5.25. The number of nitrogens with zero attached hydrogens (tertiary/aromatic N) is 1. The van der Waals surface area contributed by atoms with Crippen LogP contribution in [0.15, 0.2) is 5.38 Å².